The minimum Gasteiger partial charge on any atom is -0.392 e. The SMILES string of the molecule is C=C1C(=C)[C@@H]2CCC1CC2O. The third-order valence-electron chi connectivity index (χ3n) is 3.17. The smallest absolute Gasteiger partial charge is 0.0614 e. The van der Waals surface area contributed by atoms with E-state index in [9.17, 15) is 5.11 Å². The van der Waals surface area contributed by atoms with Crippen molar-refractivity contribution < 1.29 is 5.11 Å². The minimum absolute atomic E-state index is 0.133. The number of hydrogen-bond donors (Lipinski definition) is 1. The number of rotatable bonds is 0. The van der Waals surface area contributed by atoms with E-state index in [2.05, 4.69) is 13.2 Å². The molecule has 0 spiro atoms. The average molecular weight is 150 g/mol. The molecule has 3 atom stereocenters. The predicted octanol–water partition coefficient (Wildman–Crippen LogP) is 1.89. The first-order chi connectivity index (χ1) is 5.20. The van der Waals surface area contributed by atoms with Crippen molar-refractivity contribution in [2.24, 2.45) is 11.8 Å². The summed E-state index contributed by atoms with van der Waals surface area (Å²) in [5.74, 6) is 0.856. The van der Waals surface area contributed by atoms with Crippen molar-refractivity contribution in [1.82, 2.24) is 0 Å². The molecule has 2 bridgehead atoms. The standard InChI is InChI=1S/C10H14O/c1-6-7(2)9-4-3-8(6)5-10(9)11/h8-11H,1-5H2/t8?,9-,10?/m0/s1. The van der Waals surface area contributed by atoms with Crippen molar-refractivity contribution >= 4 is 0 Å². The van der Waals surface area contributed by atoms with Crippen LogP contribution < -0.4 is 0 Å². The highest BCUT2D eigenvalue weighted by Gasteiger charge is 2.39. The molecule has 2 unspecified atom stereocenters. The first kappa shape index (κ1) is 7.11. The summed E-state index contributed by atoms with van der Waals surface area (Å²) in [5.41, 5.74) is 2.31. The summed E-state index contributed by atoms with van der Waals surface area (Å²) in [6.45, 7) is 7.97. The van der Waals surface area contributed by atoms with E-state index in [1.54, 1.807) is 0 Å². The van der Waals surface area contributed by atoms with Gasteiger partial charge in [0, 0.05) is 5.92 Å². The molecule has 3 rings (SSSR count). The van der Waals surface area contributed by atoms with Crippen LogP contribution in [-0.4, -0.2) is 11.2 Å². The van der Waals surface area contributed by atoms with Crippen LogP contribution in [0.3, 0.4) is 0 Å². The van der Waals surface area contributed by atoms with Crippen LogP contribution in [0.1, 0.15) is 19.3 Å². The van der Waals surface area contributed by atoms with Gasteiger partial charge in [-0.2, -0.15) is 0 Å². The lowest BCUT2D eigenvalue weighted by Crippen LogP contribution is -2.37. The summed E-state index contributed by atoms with van der Waals surface area (Å²) in [7, 11) is 0. The topological polar surface area (TPSA) is 20.2 Å². The number of allylic oxidation sites excluding steroid dienone is 1. The number of aliphatic hydroxyl groups excluding tert-OH is 1. The van der Waals surface area contributed by atoms with Crippen molar-refractivity contribution in [3.8, 4) is 0 Å². The molecule has 3 fully saturated rings. The molecule has 60 valence electrons. The lowest BCUT2D eigenvalue weighted by Gasteiger charge is -2.43. The molecule has 0 aliphatic heterocycles. The van der Waals surface area contributed by atoms with Gasteiger partial charge in [-0.05, 0) is 36.3 Å². The molecule has 0 radical (unpaired) electrons. The van der Waals surface area contributed by atoms with Gasteiger partial charge in [0.05, 0.1) is 6.10 Å². The maximum Gasteiger partial charge on any atom is 0.0614 e. The minimum atomic E-state index is -0.133. The van der Waals surface area contributed by atoms with Crippen LogP contribution in [0.2, 0.25) is 0 Å². The third kappa shape index (κ3) is 0.875. The second-order valence-electron chi connectivity index (χ2n) is 3.73. The first-order valence-electron chi connectivity index (χ1n) is 4.26. The highest BCUT2D eigenvalue weighted by atomic mass is 16.3. The zero-order valence-corrected chi connectivity index (χ0v) is 6.71. The van der Waals surface area contributed by atoms with Gasteiger partial charge >= 0.3 is 0 Å². The molecule has 0 saturated heterocycles. The Bertz CT molecular complexity index is 217. The van der Waals surface area contributed by atoms with Crippen molar-refractivity contribution in [3.05, 3.63) is 24.3 Å². The quantitative estimate of drug-likeness (QED) is 0.559. The Labute approximate surface area is 67.4 Å². The monoisotopic (exact) mass is 150 g/mol. The fourth-order valence-corrected chi connectivity index (χ4v) is 2.37. The van der Waals surface area contributed by atoms with Crippen molar-refractivity contribution in [3.63, 3.8) is 0 Å². The predicted molar refractivity (Wildman–Crippen MR) is 45.1 cm³/mol. The molecule has 1 N–H and O–H groups in total. The molecule has 0 aromatic heterocycles. The van der Waals surface area contributed by atoms with Gasteiger partial charge in [-0.25, -0.2) is 0 Å². The second kappa shape index (κ2) is 2.21. The first-order valence-corrected chi connectivity index (χ1v) is 4.26. The van der Waals surface area contributed by atoms with Gasteiger partial charge in [0.25, 0.3) is 0 Å². The van der Waals surface area contributed by atoms with Gasteiger partial charge in [-0.1, -0.05) is 13.2 Å². The maximum absolute atomic E-state index is 9.59. The molecule has 11 heavy (non-hydrogen) atoms. The van der Waals surface area contributed by atoms with Crippen LogP contribution in [-0.2, 0) is 0 Å². The van der Waals surface area contributed by atoms with Crippen LogP contribution in [0.5, 0.6) is 0 Å². The lowest BCUT2D eigenvalue weighted by molar-refractivity contribution is 0.0543. The molecule has 3 aliphatic rings. The molecule has 1 heteroatoms. The van der Waals surface area contributed by atoms with Crippen LogP contribution in [0.15, 0.2) is 24.3 Å². The van der Waals surface area contributed by atoms with Crippen LogP contribution in [0.4, 0.5) is 0 Å². The lowest BCUT2D eigenvalue weighted by atomic mass is 9.64. The number of hydrogen-bond acceptors (Lipinski definition) is 1. The summed E-state index contributed by atoms with van der Waals surface area (Å²) in [6, 6.07) is 0. The van der Waals surface area contributed by atoms with Crippen molar-refractivity contribution in [2.45, 2.75) is 25.4 Å². The van der Waals surface area contributed by atoms with E-state index in [0.29, 0.717) is 11.8 Å². The third-order valence-corrected chi connectivity index (χ3v) is 3.17. The second-order valence-corrected chi connectivity index (χ2v) is 3.73. The maximum atomic E-state index is 9.59. The Hall–Kier alpha value is -0.560. The number of aliphatic hydroxyl groups is 1. The summed E-state index contributed by atoms with van der Waals surface area (Å²) >= 11 is 0. The van der Waals surface area contributed by atoms with Gasteiger partial charge in [0.1, 0.15) is 0 Å². The van der Waals surface area contributed by atoms with Crippen LogP contribution in [0, 0.1) is 11.8 Å². The molecule has 3 aliphatic carbocycles. The molecule has 1 nitrogen and oxygen atoms in total. The number of fused-ring (bicyclic) bond motifs is 3. The van der Waals surface area contributed by atoms with E-state index in [0.717, 1.165) is 18.4 Å². The van der Waals surface area contributed by atoms with Gasteiger partial charge in [0.15, 0.2) is 0 Å². The van der Waals surface area contributed by atoms with E-state index >= 15 is 0 Å². The highest BCUT2D eigenvalue weighted by Crippen LogP contribution is 2.46. The van der Waals surface area contributed by atoms with Gasteiger partial charge in [-0.15, -0.1) is 0 Å². The molecular formula is C10H14O. The van der Waals surface area contributed by atoms with Crippen molar-refractivity contribution in [2.75, 3.05) is 0 Å². The Morgan fingerprint density at radius 2 is 1.91 bits per heavy atom. The molecule has 3 saturated carbocycles. The molecule has 0 aromatic carbocycles. The van der Waals surface area contributed by atoms with E-state index in [4.69, 9.17) is 0 Å². The van der Waals surface area contributed by atoms with Crippen LogP contribution in [0.25, 0.3) is 0 Å². The van der Waals surface area contributed by atoms with Gasteiger partial charge in [0.2, 0.25) is 0 Å². The summed E-state index contributed by atoms with van der Waals surface area (Å²) in [4.78, 5) is 0. The van der Waals surface area contributed by atoms with E-state index in [1.807, 2.05) is 0 Å². The van der Waals surface area contributed by atoms with E-state index in [-0.39, 0.29) is 6.10 Å². The Balaban J connectivity index is 2.30. The van der Waals surface area contributed by atoms with E-state index in [1.165, 1.54) is 12.0 Å². The Morgan fingerprint density at radius 1 is 1.18 bits per heavy atom. The van der Waals surface area contributed by atoms with Gasteiger partial charge in [-0.3, -0.25) is 0 Å². The largest absolute Gasteiger partial charge is 0.392 e. The Kier molecular flexibility index (Phi) is 1.43. The van der Waals surface area contributed by atoms with Crippen molar-refractivity contribution in [1.29, 1.82) is 0 Å². The van der Waals surface area contributed by atoms with E-state index < -0.39 is 0 Å². The summed E-state index contributed by atoms with van der Waals surface area (Å²) < 4.78 is 0. The molecule has 0 amide bonds. The zero-order chi connectivity index (χ0) is 8.01. The highest BCUT2D eigenvalue weighted by molar-refractivity contribution is 5.36. The normalized spacial score (nSPS) is 43.2. The summed E-state index contributed by atoms with van der Waals surface area (Å²) in [5, 5.41) is 9.59. The summed E-state index contributed by atoms with van der Waals surface area (Å²) in [6.07, 6.45) is 3.11. The fraction of sp³-hybridized carbons (Fsp3) is 0.600. The van der Waals surface area contributed by atoms with Crippen LogP contribution >= 0.6 is 0 Å². The molecule has 0 heterocycles. The Morgan fingerprint density at radius 3 is 2.36 bits per heavy atom. The fourth-order valence-electron chi connectivity index (χ4n) is 2.37. The molecule has 0 aromatic rings. The average Bonchev–Trinajstić information content (AvgIpc) is 1.99. The zero-order valence-electron chi connectivity index (χ0n) is 6.71. The molecular weight excluding hydrogens is 136 g/mol. The van der Waals surface area contributed by atoms with Gasteiger partial charge < -0.3 is 5.11 Å².